The molecule has 6 nitrogen and oxygen atoms in total. The first kappa shape index (κ1) is 18.9. The van der Waals surface area contributed by atoms with E-state index >= 15 is 0 Å². The van der Waals surface area contributed by atoms with Crippen LogP contribution in [-0.2, 0) is 11.3 Å². The van der Waals surface area contributed by atoms with Gasteiger partial charge < -0.3 is 19.3 Å². The molecule has 30 heavy (non-hydrogen) atoms. The monoisotopic (exact) mass is 405 g/mol. The number of ketones is 1. The van der Waals surface area contributed by atoms with E-state index in [4.69, 9.17) is 14.2 Å². The number of nitrogens with zero attached hydrogens (tertiary/aromatic N) is 1. The fourth-order valence-electron chi connectivity index (χ4n) is 4.01. The zero-order chi connectivity index (χ0) is 20.7. The van der Waals surface area contributed by atoms with Crippen LogP contribution in [0.15, 0.2) is 53.8 Å². The van der Waals surface area contributed by atoms with E-state index in [1.54, 1.807) is 18.2 Å². The molecule has 1 N–H and O–H groups in total. The third-order valence-corrected chi connectivity index (χ3v) is 5.71. The van der Waals surface area contributed by atoms with Gasteiger partial charge in [-0.15, -0.1) is 0 Å². The van der Waals surface area contributed by atoms with Crippen LogP contribution in [-0.4, -0.2) is 48.2 Å². The van der Waals surface area contributed by atoms with Gasteiger partial charge in [-0.3, -0.25) is 9.69 Å². The number of allylic oxidation sites excluding steroid dienone is 1. The fraction of sp³-hybridized carbons (Fsp3) is 0.292. The fourth-order valence-corrected chi connectivity index (χ4v) is 4.01. The quantitative estimate of drug-likeness (QED) is 0.788. The molecule has 3 heterocycles. The first-order chi connectivity index (χ1) is 14.6. The van der Waals surface area contributed by atoms with Crippen LogP contribution < -0.4 is 9.47 Å². The summed E-state index contributed by atoms with van der Waals surface area (Å²) in [5.41, 5.74) is 2.95. The average Bonchev–Trinajstić information content (AvgIpc) is 3.07. The number of hydrogen-bond acceptors (Lipinski definition) is 6. The molecule has 2 aromatic carbocycles. The second kappa shape index (κ2) is 7.63. The molecule has 0 amide bonds. The summed E-state index contributed by atoms with van der Waals surface area (Å²) in [6, 6.07) is 11.0. The Kier molecular flexibility index (Phi) is 4.81. The van der Waals surface area contributed by atoms with Gasteiger partial charge in [-0.25, -0.2) is 0 Å². The highest BCUT2D eigenvalue weighted by Crippen LogP contribution is 2.40. The summed E-state index contributed by atoms with van der Waals surface area (Å²) >= 11 is 0. The van der Waals surface area contributed by atoms with Gasteiger partial charge in [0.1, 0.15) is 23.4 Å². The van der Waals surface area contributed by atoms with Crippen molar-refractivity contribution in [3.63, 3.8) is 0 Å². The molecular formula is C24H23NO5. The summed E-state index contributed by atoms with van der Waals surface area (Å²) in [6.45, 7) is 5.33. The van der Waals surface area contributed by atoms with E-state index in [9.17, 15) is 9.90 Å². The Morgan fingerprint density at radius 1 is 1.17 bits per heavy atom. The second-order valence-electron chi connectivity index (χ2n) is 7.71. The van der Waals surface area contributed by atoms with E-state index in [2.05, 4.69) is 4.90 Å². The van der Waals surface area contributed by atoms with Crippen molar-refractivity contribution in [3.8, 4) is 17.2 Å². The molecule has 3 aliphatic heterocycles. The van der Waals surface area contributed by atoms with E-state index in [0.29, 0.717) is 36.6 Å². The van der Waals surface area contributed by atoms with Gasteiger partial charge in [0.25, 0.3) is 0 Å². The zero-order valence-electron chi connectivity index (χ0n) is 16.8. The number of rotatable bonds is 3. The molecule has 3 aliphatic rings. The van der Waals surface area contributed by atoms with E-state index in [1.807, 2.05) is 37.3 Å². The van der Waals surface area contributed by atoms with Crippen molar-refractivity contribution < 1.29 is 24.1 Å². The van der Waals surface area contributed by atoms with Gasteiger partial charge >= 0.3 is 0 Å². The number of morpholine rings is 1. The predicted octanol–water partition coefficient (Wildman–Crippen LogP) is 3.55. The topological polar surface area (TPSA) is 68.2 Å². The molecular weight excluding hydrogens is 382 g/mol. The highest BCUT2D eigenvalue weighted by atomic mass is 16.5. The molecule has 0 radical (unpaired) electrons. The molecule has 1 atom stereocenters. The molecule has 6 heteroatoms. The van der Waals surface area contributed by atoms with Gasteiger partial charge in [0.05, 0.1) is 24.3 Å². The number of hydrogen-bond donors (Lipinski definition) is 1. The van der Waals surface area contributed by atoms with Crippen molar-refractivity contribution >= 4 is 11.9 Å². The summed E-state index contributed by atoms with van der Waals surface area (Å²) in [5, 5.41) is 10.5. The van der Waals surface area contributed by atoms with Gasteiger partial charge in [-0.2, -0.15) is 0 Å². The summed E-state index contributed by atoms with van der Waals surface area (Å²) in [6.07, 6.45) is 3.56. The number of aromatic hydroxyl groups is 1. The van der Waals surface area contributed by atoms with Crippen molar-refractivity contribution in [2.75, 3.05) is 26.3 Å². The smallest absolute Gasteiger partial charge is 0.231 e. The van der Waals surface area contributed by atoms with Crippen molar-refractivity contribution in [3.05, 3.63) is 70.5 Å². The number of benzene rings is 2. The third-order valence-electron chi connectivity index (χ3n) is 5.71. The molecule has 154 valence electrons. The Morgan fingerprint density at radius 3 is 2.80 bits per heavy atom. The molecule has 0 spiro atoms. The largest absolute Gasteiger partial charge is 0.507 e. The van der Waals surface area contributed by atoms with E-state index in [-0.39, 0.29) is 23.4 Å². The number of carbonyl (C=O) groups is 1. The zero-order valence-corrected chi connectivity index (χ0v) is 16.8. The molecule has 0 aliphatic carbocycles. The number of phenolic OH excluding ortho intramolecular Hbond substituents is 1. The van der Waals surface area contributed by atoms with Gasteiger partial charge in [0, 0.05) is 25.2 Å². The van der Waals surface area contributed by atoms with Crippen LogP contribution in [0.3, 0.4) is 0 Å². The highest BCUT2D eigenvalue weighted by Gasteiger charge is 2.33. The maximum absolute atomic E-state index is 13.0. The van der Waals surface area contributed by atoms with Crippen LogP contribution in [0.25, 0.3) is 6.08 Å². The minimum atomic E-state index is -0.200. The van der Waals surface area contributed by atoms with Gasteiger partial charge in [-0.05, 0) is 42.8 Å². The molecule has 2 aromatic rings. The summed E-state index contributed by atoms with van der Waals surface area (Å²) in [4.78, 5) is 15.2. The number of fused-ring (bicyclic) bond motifs is 2. The summed E-state index contributed by atoms with van der Waals surface area (Å²) in [7, 11) is 0. The molecule has 0 saturated carbocycles. The van der Waals surface area contributed by atoms with Crippen molar-refractivity contribution in [1.29, 1.82) is 0 Å². The SMILES string of the molecule is C[C@H]1Oc2ccccc2C=C1C=C1Oc2c(ccc(O)c2CN2CCOCC2)C1=O. The van der Waals surface area contributed by atoms with E-state index < -0.39 is 0 Å². The lowest BCUT2D eigenvalue weighted by atomic mass is 10.0. The van der Waals surface area contributed by atoms with Crippen LogP contribution in [0, 0.1) is 0 Å². The van der Waals surface area contributed by atoms with Crippen LogP contribution in [0.5, 0.6) is 17.2 Å². The maximum Gasteiger partial charge on any atom is 0.231 e. The normalized spacial score (nSPS) is 22.2. The highest BCUT2D eigenvalue weighted by molar-refractivity contribution is 6.13. The van der Waals surface area contributed by atoms with Gasteiger partial charge in [0.15, 0.2) is 5.76 Å². The Hall–Kier alpha value is -3.09. The number of para-hydroxylation sites is 1. The maximum atomic E-state index is 13.0. The first-order valence-corrected chi connectivity index (χ1v) is 10.2. The van der Waals surface area contributed by atoms with Crippen LogP contribution in [0.1, 0.15) is 28.4 Å². The molecule has 0 unspecified atom stereocenters. The molecule has 1 saturated heterocycles. The van der Waals surface area contributed by atoms with Crippen LogP contribution in [0.2, 0.25) is 0 Å². The van der Waals surface area contributed by atoms with E-state index in [1.165, 1.54) is 0 Å². The second-order valence-corrected chi connectivity index (χ2v) is 7.71. The Bertz CT molecular complexity index is 1070. The Balaban J connectivity index is 1.46. The van der Waals surface area contributed by atoms with Crippen molar-refractivity contribution in [2.24, 2.45) is 0 Å². The van der Waals surface area contributed by atoms with Crippen molar-refractivity contribution in [1.82, 2.24) is 4.90 Å². The van der Waals surface area contributed by atoms with Gasteiger partial charge in [-0.1, -0.05) is 18.2 Å². The van der Waals surface area contributed by atoms with Gasteiger partial charge in [0.2, 0.25) is 5.78 Å². The van der Waals surface area contributed by atoms with Crippen LogP contribution in [0.4, 0.5) is 0 Å². The molecule has 0 aromatic heterocycles. The number of carbonyl (C=O) groups excluding carboxylic acids is 1. The Labute approximate surface area is 175 Å². The lowest BCUT2D eigenvalue weighted by Crippen LogP contribution is -2.35. The number of ether oxygens (including phenoxy) is 3. The minimum absolute atomic E-state index is 0.136. The number of phenols is 1. The molecule has 1 fully saturated rings. The van der Waals surface area contributed by atoms with Crippen molar-refractivity contribution in [2.45, 2.75) is 19.6 Å². The lowest BCUT2D eigenvalue weighted by molar-refractivity contribution is 0.0336. The Morgan fingerprint density at radius 2 is 1.97 bits per heavy atom. The average molecular weight is 405 g/mol. The third kappa shape index (κ3) is 3.38. The number of Topliss-reactive ketones (excluding diaryl/α,β-unsaturated/α-hetero) is 1. The molecule has 0 bridgehead atoms. The minimum Gasteiger partial charge on any atom is -0.507 e. The van der Waals surface area contributed by atoms with Crippen LogP contribution >= 0.6 is 0 Å². The summed E-state index contributed by atoms with van der Waals surface area (Å²) in [5.74, 6) is 1.48. The lowest BCUT2D eigenvalue weighted by Gasteiger charge is -2.27. The first-order valence-electron chi connectivity index (χ1n) is 10.2. The summed E-state index contributed by atoms with van der Waals surface area (Å²) < 4.78 is 17.4. The standard InChI is InChI=1S/C24H23NO5/c1-15-17(12-16-4-2-3-5-21(16)29-15)13-22-23(27)18-6-7-20(26)19(24(18)30-22)14-25-8-10-28-11-9-25/h2-7,12-13,15,26H,8-11,14H2,1H3/t15-/m1/s1. The predicted molar refractivity (Wildman–Crippen MR) is 112 cm³/mol. The van der Waals surface area contributed by atoms with E-state index in [0.717, 1.165) is 30.0 Å². The molecule has 5 rings (SSSR count).